The zero-order valence-electron chi connectivity index (χ0n) is 10.3. The van der Waals surface area contributed by atoms with E-state index >= 15 is 0 Å². The Hall–Kier alpha value is -1.43. The summed E-state index contributed by atoms with van der Waals surface area (Å²) in [5, 5.41) is 1.44. The fourth-order valence-corrected chi connectivity index (χ4v) is 3.81. The number of hydrogen-bond donors (Lipinski definition) is 1. The fraction of sp³-hybridized carbons (Fsp3) is 0.300. The van der Waals surface area contributed by atoms with Gasteiger partial charge in [-0.15, -0.1) is 4.40 Å². The molecule has 0 aromatic heterocycles. The number of anilines is 1. The number of rotatable bonds is 1. The summed E-state index contributed by atoms with van der Waals surface area (Å²) < 4.78 is 101. The van der Waals surface area contributed by atoms with Crippen LogP contribution in [0.1, 0.15) is 11.1 Å². The van der Waals surface area contributed by atoms with Gasteiger partial charge in [0.05, 0.1) is 11.1 Å². The summed E-state index contributed by atoms with van der Waals surface area (Å²) in [6.07, 6.45) is -9.96. The second kappa shape index (κ2) is 5.33. The molecular formula is C10H6F6N2O2S2. The van der Waals surface area contributed by atoms with Crippen molar-refractivity contribution >= 4 is 32.6 Å². The van der Waals surface area contributed by atoms with Gasteiger partial charge < -0.3 is 5.32 Å². The van der Waals surface area contributed by atoms with E-state index in [2.05, 4.69) is 9.71 Å². The Labute approximate surface area is 124 Å². The molecule has 22 heavy (non-hydrogen) atoms. The van der Waals surface area contributed by atoms with Gasteiger partial charge in [-0.05, 0) is 18.2 Å². The van der Waals surface area contributed by atoms with Crippen molar-refractivity contribution in [1.82, 2.24) is 0 Å². The Balaban J connectivity index is 2.43. The average molecular weight is 364 g/mol. The first kappa shape index (κ1) is 16.9. The Kier molecular flexibility index (Phi) is 4.11. The van der Waals surface area contributed by atoms with Gasteiger partial charge in [0, 0.05) is 5.69 Å². The van der Waals surface area contributed by atoms with E-state index in [1.165, 1.54) is 0 Å². The average Bonchev–Trinajstić information content (AvgIpc) is 2.66. The van der Waals surface area contributed by atoms with Crippen LogP contribution in [0.2, 0.25) is 0 Å². The minimum atomic E-state index is -4.98. The molecule has 1 aromatic carbocycles. The van der Waals surface area contributed by atoms with E-state index in [-0.39, 0.29) is 11.2 Å². The Bertz CT molecular complexity index is 692. The molecule has 0 amide bonds. The van der Waals surface area contributed by atoms with Crippen molar-refractivity contribution in [1.29, 1.82) is 0 Å². The molecule has 1 aliphatic rings. The predicted molar refractivity (Wildman–Crippen MR) is 68.9 cm³/mol. The Morgan fingerprint density at radius 2 is 1.50 bits per heavy atom. The monoisotopic (exact) mass is 364 g/mol. The van der Waals surface area contributed by atoms with Crippen LogP contribution in [0.15, 0.2) is 22.6 Å². The molecule has 0 fully saturated rings. The van der Waals surface area contributed by atoms with Gasteiger partial charge in [-0.25, -0.2) is 8.42 Å². The SMILES string of the molecule is O=S1(=O)CSC(Nc2cc(C(F)(F)F)cc(C(F)(F)F)c2)=N1. The zero-order chi connectivity index (χ0) is 16.8. The second-order valence-electron chi connectivity index (χ2n) is 4.16. The van der Waals surface area contributed by atoms with Crippen molar-refractivity contribution in [3.05, 3.63) is 29.3 Å². The van der Waals surface area contributed by atoms with Gasteiger partial charge in [-0.1, -0.05) is 11.8 Å². The predicted octanol–water partition coefficient (Wildman–Crippen LogP) is 3.53. The molecule has 1 N–H and O–H groups in total. The van der Waals surface area contributed by atoms with E-state index in [1.54, 1.807) is 0 Å². The summed E-state index contributed by atoms with van der Waals surface area (Å²) in [6, 6.07) is 0.873. The minimum Gasteiger partial charge on any atom is -0.334 e. The van der Waals surface area contributed by atoms with E-state index in [9.17, 15) is 34.8 Å². The van der Waals surface area contributed by atoms with Crippen molar-refractivity contribution in [2.24, 2.45) is 4.40 Å². The number of thioether (sulfide) groups is 1. The first-order chi connectivity index (χ1) is 9.87. The molecule has 1 aliphatic heterocycles. The van der Waals surface area contributed by atoms with Crippen LogP contribution >= 0.6 is 11.8 Å². The molecular weight excluding hydrogens is 358 g/mol. The van der Waals surface area contributed by atoms with E-state index in [0.717, 1.165) is 0 Å². The number of alkyl halides is 6. The zero-order valence-corrected chi connectivity index (χ0v) is 11.9. The summed E-state index contributed by atoms with van der Waals surface area (Å²) >= 11 is 0.659. The lowest BCUT2D eigenvalue weighted by molar-refractivity contribution is -0.143. The standard InChI is InChI=1S/C10H6F6N2O2S2/c11-9(12,13)5-1-6(10(14,15)16)3-7(2-5)17-8-18-22(19,20)4-21-8/h1-3H,4H2,(H,17,18). The van der Waals surface area contributed by atoms with Crippen LogP contribution < -0.4 is 5.32 Å². The fourth-order valence-electron chi connectivity index (χ4n) is 1.52. The van der Waals surface area contributed by atoms with Crippen LogP contribution in [-0.4, -0.2) is 18.7 Å². The van der Waals surface area contributed by atoms with Gasteiger partial charge in [0.2, 0.25) is 0 Å². The van der Waals surface area contributed by atoms with Crippen LogP contribution in [0.4, 0.5) is 32.0 Å². The van der Waals surface area contributed by atoms with Gasteiger partial charge in [-0.2, -0.15) is 26.3 Å². The summed E-state index contributed by atoms with van der Waals surface area (Å²) in [5.41, 5.74) is -3.56. The molecule has 0 radical (unpaired) electrons. The number of sulfonamides is 1. The van der Waals surface area contributed by atoms with Crippen molar-refractivity contribution < 1.29 is 34.8 Å². The van der Waals surface area contributed by atoms with Crippen molar-refractivity contribution in [3.8, 4) is 0 Å². The summed E-state index contributed by atoms with van der Waals surface area (Å²) in [4.78, 5) is 0. The molecule has 2 rings (SSSR count). The first-order valence-corrected chi connectivity index (χ1v) is 7.98. The normalized spacial score (nSPS) is 18.2. The summed E-state index contributed by atoms with van der Waals surface area (Å²) in [5.74, 6) is 0. The lowest BCUT2D eigenvalue weighted by Crippen LogP contribution is -2.13. The molecule has 0 saturated heterocycles. The van der Waals surface area contributed by atoms with Gasteiger partial charge in [0.25, 0.3) is 10.0 Å². The lowest BCUT2D eigenvalue weighted by atomic mass is 10.1. The highest BCUT2D eigenvalue weighted by Crippen LogP contribution is 2.37. The number of halogens is 6. The van der Waals surface area contributed by atoms with Gasteiger partial charge in [0.15, 0.2) is 5.17 Å². The van der Waals surface area contributed by atoms with Crippen LogP contribution in [0.3, 0.4) is 0 Å². The smallest absolute Gasteiger partial charge is 0.334 e. The molecule has 4 nitrogen and oxygen atoms in total. The number of benzene rings is 1. The molecule has 1 heterocycles. The van der Waals surface area contributed by atoms with Crippen LogP contribution in [0.25, 0.3) is 0 Å². The maximum absolute atomic E-state index is 12.6. The van der Waals surface area contributed by atoms with Crippen molar-refractivity contribution in [2.75, 3.05) is 10.4 Å². The molecule has 0 unspecified atom stereocenters. The van der Waals surface area contributed by atoms with Crippen molar-refractivity contribution in [2.45, 2.75) is 12.4 Å². The first-order valence-electron chi connectivity index (χ1n) is 5.39. The maximum Gasteiger partial charge on any atom is 0.416 e. The second-order valence-corrected chi connectivity index (χ2v) is 7.12. The molecule has 0 atom stereocenters. The maximum atomic E-state index is 12.6. The van der Waals surface area contributed by atoms with Crippen LogP contribution in [0, 0.1) is 0 Å². The molecule has 0 aliphatic carbocycles. The largest absolute Gasteiger partial charge is 0.416 e. The van der Waals surface area contributed by atoms with Crippen LogP contribution in [-0.2, 0) is 22.4 Å². The van der Waals surface area contributed by atoms with E-state index in [1.807, 2.05) is 0 Å². The van der Waals surface area contributed by atoms with E-state index in [4.69, 9.17) is 0 Å². The molecule has 1 aromatic rings. The quantitative estimate of drug-likeness (QED) is 0.775. The third-order valence-corrected chi connectivity index (χ3v) is 5.11. The number of nitrogens with zero attached hydrogens (tertiary/aromatic N) is 1. The Morgan fingerprint density at radius 1 is 1.00 bits per heavy atom. The number of nitrogens with one attached hydrogen (secondary N) is 1. The van der Waals surface area contributed by atoms with Gasteiger partial charge >= 0.3 is 12.4 Å². The lowest BCUT2D eigenvalue weighted by Gasteiger charge is -2.14. The summed E-state index contributed by atoms with van der Waals surface area (Å²) in [7, 11) is -3.75. The third-order valence-electron chi connectivity index (χ3n) is 2.41. The van der Waals surface area contributed by atoms with Gasteiger partial charge in [0.1, 0.15) is 5.08 Å². The third kappa shape index (κ3) is 4.06. The molecule has 0 bridgehead atoms. The van der Waals surface area contributed by atoms with Crippen molar-refractivity contribution in [3.63, 3.8) is 0 Å². The molecule has 122 valence electrons. The molecule has 0 spiro atoms. The molecule has 0 saturated carbocycles. The van der Waals surface area contributed by atoms with E-state index in [0.29, 0.717) is 23.9 Å². The number of hydrogen-bond acceptors (Lipinski definition) is 4. The minimum absolute atomic E-state index is 0.0223. The highest BCUT2D eigenvalue weighted by molar-refractivity contribution is 8.24. The summed E-state index contributed by atoms with van der Waals surface area (Å²) in [6.45, 7) is 0. The topological polar surface area (TPSA) is 58.5 Å². The Morgan fingerprint density at radius 3 is 1.86 bits per heavy atom. The molecule has 12 heteroatoms. The highest BCUT2D eigenvalue weighted by Gasteiger charge is 2.37. The highest BCUT2D eigenvalue weighted by atomic mass is 32.3. The van der Waals surface area contributed by atoms with E-state index < -0.39 is 44.3 Å². The van der Waals surface area contributed by atoms with Crippen LogP contribution in [0.5, 0.6) is 0 Å². The van der Waals surface area contributed by atoms with Gasteiger partial charge in [-0.3, -0.25) is 0 Å². The number of amidine groups is 1.